The van der Waals surface area contributed by atoms with E-state index in [1.165, 1.54) is 49.7 Å². The Labute approximate surface area is 218 Å². The molecule has 0 unspecified atom stereocenters. The van der Waals surface area contributed by atoms with Gasteiger partial charge in [-0.2, -0.15) is 0 Å². The van der Waals surface area contributed by atoms with Gasteiger partial charge in [-0.25, -0.2) is 9.97 Å². The monoisotopic (exact) mass is 497 g/mol. The highest BCUT2D eigenvalue weighted by atomic mass is 16.5. The van der Waals surface area contributed by atoms with Gasteiger partial charge in [0.1, 0.15) is 18.9 Å². The second-order valence-corrected chi connectivity index (χ2v) is 11.1. The quantitative estimate of drug-likeness (QED) is 0.357. The van der Waals surface area contributed by atoms with Crippen LogP contribution in [-0.2, 0) is 21.6 Å². The molecule has 0 amide bonds. The minimum Gasteiger partial charge on any atom is -0.489 e. The first-order valence-corrected chi connectivity index (χ1v) is 13.6. The first-order valence-electron chi connectivity index (χ1n) is 13.6. The van der Waals surface area contributed by atoms with Gasteiger partial charge in [0.05, 0.1) is 24.7 Å². The van der Waals surface area contributed by atoms with Gasteiger partial charge in [0, 0.05) is 11.1 Å². The van der Waals surface area contributed by atoms with E-state index in [1.54, 1.807) is 19.3 Å². The lowest BCUT2D eigenvalue weighted by Gasteiger charge is -2.57. The Kier molecular flexibility index (Phi) is 6.58. The summed E-state index contributed by atoms with van der Waals surface area (Å²) in [5, 5.41) is 3.03. The Morgan fingerprint density at radius 1 is 0.973 bits per heavy atom. The minimum atomic E-state index is -0.294. The van der Waals surface area contributed by atoms with E-state index < -0.39 is 0 Å². The molecule has 4 aliphatic carbocycles. The van der Waals surface area contributed by atoms with Crippen molar-refractivity contribution < 1.29 is 14.3 Å². The van der Waals surface area contributed by atoms with E-state index >= 15 is 0 Å². The topological polar surface area (TPSA) is 73.3 Å². The van der Waals surface area contributed by atoms with Crippen LogP contribution < -0.4 is 10.1 Å². The first-order chi connectivity index (χ1) is 18.1. The summed E-state index contributed by atoms with van der Waals surface area (Å²) in [5.41, 5.74) is 4.42. The molecule has 0 radical (unpaired) electrons. The number of carbonyl (C=O) groups excluding carboxylic acids is 1. The first kappa shape index (κ1) is 24.0. The number of carbonyl (C=O) groups is 1. The van der Waals surface area contributed by atoms with Crippen LogP contribution >= 0.6 is 0 Å². The van der Waals surface area contributed by atoms with E-state index in [0.717, 1.165) is 29.1 Å². The summed E-state index contributed by atoms with van der Waals surface area (Å²) >= 11 is 0. The number of aromatic nitrogens is 2. The Hall–Kier alpha value is -3.41. The van der Waals surface area contributed by atoms with Crippen LogP contribution in [0.15, 0.2) is 60.9 Å². The van der Waals surface area contributed by atoms with Crippen LogP contribution in [0.5, 0.6) is 5.75 Å². The van der Waals surface area contributed by atoms with Crippen LogP contribution in [0.4, 0.5) is 5.69 Å². The molecule has 4 saturated carbocycles. The summed E-state index contributed by atoms with van der Waals surface area (Å²) in [4.78, 5) is 20.9. The third kappa shape index (κ3) is 5.07. The van der Waals surface area contributed by atoms with Crippen LogP contribution in [0.3, 0.4) is 0 Å². The zero-order valence-corrected chi connectivity index (χ0v) is 21.5. The second-order valence-electron chi connectivity index (χ2n) is 11.1. The van der Waals surface area contributed by atoms with Crippen molar-refractivity contribution in [2.24, 2.45) is 17.8 Å². The van der Waals surface area contributed by atoms with Crippen molar-refractivity contribution in [3.05, 3.63) is 72.1 Å². The molecule has 2 aromatic carbocycles. The third-order valence-electron chi connectivity index (χ3n) is 8.48. The Bertz CT molecular complexity index is 1210. The number of anilines is 1. The van der Waals surface area contributed by atoms with Crippen molar-refractivity contribution in [3.8, 4) is 17.1 Å². The van der Waals surface area contributed by atoms with Gasteiger partial charge >= 0.3 is 5.97 Å². The summed E-state index contributed by atoms with van der Waals surface area (Å²) in [5.74, 6) is 3.93. The molecular weight excluding hydrogens is 462 g/mol. The number of nitrogens with one attached hydrogen (secondary N) is 1. The molecule has 3 aromatic rings. The summed E-state index contributed by atoms with van der Waals surface area (Å²) in [6, 6.07) is 16.9. The second kappa shape index (κ2) is 10.2. The number of nitrogens with zero attached hydrogens (tertiary/aromatic N) is 2. The van der Waals surface area contributed by atoms with E-state index in [9.17, 15) is 4.79 Å². The molecule has 192 valence electrons. The number of rotatable bonds is 9. The number of hydrogen-bond donors (Lipinski definition) is 1. The van der Waals surface area contributed by atoms with Crippen molar-refractivity contribution >= 4 is 11.7 Å². The molecule has 0 aliphatic heterocycles. The van der Waals surface area contributed by atoms with Gasteiger partial charge in [-0.15, -0.1) is 0 Å². The number of benzene rings is 2. The lowest BCUT2D eigenvalue weighted by molar-refractivity contribution is -0.140. The fourth-order valence-electron chi connectivity index (χ4n) is 7.34. The summed E-state index contributed by atoms with van der Waals surface area (Å²) in [6.07, 6.45) is 11.5. The minimum absolute atomic E-state index is 0.0974. The molecule has 6 nitrogen and oxygen atoms in total. The normalized spacial score (nSPS) is 25.6. The lowest BCUT2D eigenvalue weighted by Crippen LogP contribution is -2.48. The van der Waals surface area contributed by atoms with Gasteiger partial charge in [0.15, 0.2) is 5.82 Å². The average molecular weight is 498 g/mol. The van der Waals surface area contributed by atoms with Gasteiger partial charge < -0.3 is 14.8 Å². The van der Waals surface area contributed by atoms with Crippen molar-refractivity contribution in [2.45, 2.75) is 57.5 Å². The van der Waals surface area contributed by atoms with E-state index in [4.69, 9.17) is 9.47 Å². The third-order valence-corrected chi connectivity index (χ3v) is 8.48. The smallest absolute Gasteiger partial charge is 0.325 e. The van der Waals surface area contributed by atoms with Gasteiger partial charge in [-0.1, -0.05) is 30.3 Å². The molecule has 6 heteroatoms. The fourth-order valence-corrected chi connectivity index (χ4v) is 7.34. The SMILES string of the molecule is CCOC(=O)CNc1cnc(-c2ccc(OCc3ccccc3)c(C34CC5CC(CC(C5)C3)C4)c2)nc1. The lowest BCUT2D eigenvalue weighted by atomic mass is 9.48. The average Bonchev–Trinajstić information content (AvgIpc) is 2.91. The fraction of sp³-hybridized carbons (Fsp3) is 0.452. The summed E-state index contributed by atoms with van der Waals surface area (Å²) < 4.78 is 11.5. The molecule has 0 saturated heterocycles. The number of esters is 1. The zero-order chi connectivity index (χ0) is 25.2. The molecular formula is C31H35N3O3. The molecule has 7 rings (SSSR count). The molecule has 1 N–H and O–H groups in total. The molecule has 1 aromatic heterocycles. The van der Waals surface area contributed by atoms with Crippen molar-refractivity contribution in [1.82, 2.24) is 9.97 Å². The van der Waals surface area contributed by atoms with E-state index in [-0.39, 0.29) is 17.9 Å². The maximum absolute atomic E-state index is 11.6. The van der Waals surface area contributed by atoms with Crippen molar-refractivity contribution in [3.63, 3.8) is 0 Å². The number of ether oxygens (including phenoxy) is 2. The largest absolute Gasteiger partial charge is 0.489 e. The Morgan fingerprint density at radius 2 is 1.65 bits per heavy atom. The predicted molar refractivity (Wildman–Crippen MR) is 143 cm³/mol. The van der Waals surface area contributed by atoms with Gasteiger partial charge in [0.2, 0.25) is 0 Å². The van der Waals surface area contributed by atoms with Gasteiger partial charge in [0.25, 0.3) is 0 Å². The summed E-state index contributed by atoms with van der Waals surface area (Å²) in [7, 11) is 0. The van der Waals surface area contributed by atoms with Crippen molar-refractivity contribution in [2.75, 3.05) is 18.5 Å². The molecule has 4 fully saturated rings. The molecule has 1 heterocycles. The van der Waals surface area contributed by atoms with Crippen LogP contribution in [0.25, 0.3) is 11.4 Å². The highest BCUT2D eigenvalue weighted by Crippen LogP contribution is 2.62. The van der Waals surface area contributed by atoms with Crippen LogP contribution in [0.1, 0.15) is 56.6 Å². The van der Waals surface area contributed by atoms with E-state index in [0.29, 0.717) is 24.7 Å². The molecule has 0 spiro atoms. The van der Waals surface area contributed by atoms with E-state index in [1.807, 2.05) is 6.07 Å². The molecule has 4 bridgehead atoms. The molecule has 4 aliphatic rings. The zero-order valence-electron chi connectivity index (χ0n) is 21.5. The predicted octanol–water partition coefficient (Wildman–Crippen LogP) is 6.17. The van der Waals surface area contributed by atoms with Crippen molar-refractivity contribution in [1.29, 1.82) is 0 Å². The highest BCUT2D eigenvalue weighted by molar-refractivity contribution is 5.74. The number of hydrogen-bond acceptors (Lipinski definition) is 6. The van der Waals surface area contributed by atoms with Gasteiger partial charge in [-0.05, 0) is 92.4 Å². The maximum atomic E-state index is 11.6. The standard InChI is InChI=1S/C31H35N3O3/c1-2-36-29(35)19-32-26-17-33-30(34-18-26)25-8-9-28(37-20-21-6-4-3-5-7-21)27(13-25)31-14-22-10-23(15-31)12-24(11-22)16-31/h3-9,13,17-18,22-24,32H,2,10-12,14-16,19-20H2,1H3. The molecule has 0 atom stereocenters. The van der Waals surface area contributed by atoms with Crippen LogP contribution in [0, 0.1) is 17.8 Å². The Morgan fingerprint density at radius 3 is 2.30 bits per heavy atom. The van der Waals surface area contributed by atoms with E-state index in [2.05, 4.69) is 57.7 Å². The van der Waals surface area contributed by atoms with Gasteiger partial charge in [-0.3, -0.25) is 4.79 Å². The molecule has 37 heavy (non-hydrogen) atoms. The van der Waals surface area contributed by atoms with Crippen LogP contribution in [-0.4, -0.2) is 29.1 Å². The maximum Gasteiger partial charge on any atom is 0.325 e. The highest BCUT2D eigenvalue weighted by Gasteiger charge is 2.52. The van der Waals surface area contributed by atoms with Crippen LogP contribution in [0.2, 0.25) is 0 Å². The summed E-state index contributed by atoms with van der Waals surface area (Å²) in [6.45, 7) is 2.83. The Balaban J connectivity index is 1.28.